The minimum Gasteiger partial charge on any atom is -0.394 e. The number of hydrogen-bond donors (Lipinski definition) is 26. The van der Waals surface area contributed by atoms with Gasteiger partial charge in [-0.05, 0) is 94.7 Å². The Labute approximate surface area is 780 Å². The van der Waals surface area contributed by atoms with E-state index in [1.807, 2.05) is 0 Å². The van der Waals surface area contributed by atoms with Gasteiger partial charge in [-0.3, -0.25) is 92.3 Å². The lowest BCUT2D eigenvalue weighted by atomic mass is 10.0. The number of aromatic nitrogens is 1. The molecule has 2 heterocycles. The molecular formula is C89H144N24O21. The molecule has 45 heteroatoms. The number of benzene rings is 2. The molecule has 0 unspecified atom stereocenters. The fourth-order valence-corrected chi connectivity index (χ4v) is 14.5. The molecule has 2 aromatic carbocycles. The molecule has 1 aromatic heterocycles. The van der Waals surface area contributed by atoms with Gasteiger partial charge in [0.1, 0.15) is 73.1 Å². The van der Waals surface area contributed by atoms with Crippen LogP contribution in [0.15, 0.2) is 60.8 Å². The first kappa shape index (κ1) is 114. The number of fused-ring (bicyclic) bond motifs is 1. The molecule has 0 aliphatic carbocycles. The van der Waals surface area contributed by atoms with E-state index >= 15 is 0 Å². The van der Waals surface area contributed by atoms with Gasteiger partial charge >= 0.3 is 0 Å². The molecule has 4 rings (SSSR count). The zero-order valence-electron chi connectivity index (χ0n) is 77.2. The van der Waals surface area contributed by atoms with Crippen LogP contribution in [-0.2, 0) is 104 Å². The molecule has 1 aliphatic rings. The van der Waals surface area contributed by atoms with Crippen molar-refractivity contribution in [3.63, 3.8) is 0 Å². The lowest BCUT2D eigenvalue weighted by molar-refractivity contribution is -0.137. The highest BCUT2D eigenvalue weighted by atomic mass is 16.5. The van der Waals surface area contributed by atoms with Crippen LogP contribution in [0.1, 0.15) is 218 Å². The van der Waals surface area contributed by atoms with Crippen LogP contribution in [0.25, 0.3) is 10.9 Å². The van der Waals surface area contributed by atoms with E-state index in [2.05, 4.69) is 97.0 Å². The normalized spacial score (nSPS) is 18.0. The van der Waals surface area contributed by atoms with Crippen molar-refractivity contribution in [3.8, 4) is 0 Å². The summed E-state index contributed by atoms with van der Waals surface area (Å²) in [5.41, 5.74) is 29.8. The van der Waals surface area contributed by atoms with Crippen LogP contribution in [0.5, 0.6) is 0 Å². The van der Waals surface area contributed by atoms with Crippen LogP contribution >= 0.6 is 0 Å². The number of unbranched alkanes of at least 4 members (excludes halogenated alkanes) is 13. The highest BCUT2D eigenvalue weighted by Gasteiger charge is 2.39. The van der Waals surface area contributed by atoms with Crippen LogP contribution in [0, 0.1) is 10.8 Å². The van der Waals surface area contributed by atoms with Crippen molar-refractivity contribution < 1.29 is 101 Å². The van der Waals surface area contributed by atoms with Gasteiger partial charge in [0.05, 0.1) is 45.5 Å². The summed E-state index contributed by atoms with van der Waals surface area (Å²) in [7, 11) is 0. The van der Waals surface area contributed by atoms with Gasteiger partial charge in [-0.15, -0.1) is 0 Å². The van der Waals surface area contributed by atoms with Gasteiger partial charge in [0.15, 0.2) is 11.9 Å². The third kappa shape index (κ3) is 47.1. The summed E-state index contributed by atoms with van der Waals surface area (Å²) in [6.07, 6.45) is 12.5. The third-order valence-corrected chi connectivity index (χ3v) is 21.9. The molecule has 746 valence electrons. The maximum absolute atomic E-state index is 14.9. The van der Waals surface area contributed by atoms with Gasteiger partial charge in [0, 0.05) is 75.4 Å². The average molecular weight is 1890 g/mol. The number of aliphatic hydroxyl groups excluding tert-OH is 2. The molecule has 0 radical (unpaired) electrons. The van der Waals surface area contributed by atoms with E-state index in [1.54, 1.807) is 67.7 Å². The minimum atomic E-state index is -1.96. The number of hydrogen-bond acceptors (Lipinski definition) is 23. The van der Waals surface area contributed by atoms with E-state index in [0.29, 0.717) is 34.9 Å². The Kier molecular flexibility index (Phi) is 55.2. The predicted molar refractivity (Wildman–Crippen MR) is 495 cm³/mol. The van der Waals surface area contributed by atoms with Crippen molar-refractivity contribution in [3.05, 3.63) is 71.9 Å². The van der Waals surface area contributed by atoms with Crippen molar-refractivity contribution >= 4 is 123 Å². The van der Waals surface area contributed by atoms with E-state index < -0.39 is 231 Å². The van der Waals surface area contributed by atoms with E-state index in [1.165, 1.54) is 64.2 Å². The van der Waals surface area contributed by atoms with E-state index in [9.17, 15) is 91.7 Å². The molecule has 1 fully saturated rings. The fraction of sp³-hybridized carbons (Fsp3) is 0.629. The number of ether oxygens (including phenoxy) is 2. The number of para-hydroxylation sites is 1. The fourth-order valence-electron chi connectivity index (χ4n) is 14.5. The Bertz CT molecular complexity index is 4270. The Morgan fingerprint density at radius 2 is 1.03 bits per heavy atom. The van der Waals surface area contributed by atoms with E-state index in [-0.39, 0.29) is 123 Å². The second-order valence-electron chi connectivity index (χ2n) is 33.2. The predicted octanol–water partition coefficient (Wildman–Crippen LogP) is -3.17. The molecule has 1 saturated heterocycles. The molecule has 0 saturated carbocycles. The highest BCUT2D eigenvalue weighted by molar-refractivity contribution is 6.01. The van der Waals surface area contributed by atoms with Gasteiger partial charge in [-0.1, -0.05) is 152 Å². The number of primary amides is 3. The average Bonchev–Trinajstić information content (AvgIpc) is 1.65. The topological polar surface area (TPSA) is 735 Å². The molecule has 0 bridgehead atoms. The second kappa shape index (κ2) is 65.0. The summed E-state index contributed by atoms with van der Waals surface area (Å²) in [6.45, 7) is 3.05. The molecule has 134 heavy (non-hydrogen) atoms. The standard InChI is InChI=1S/C89H144N24O21/c1-4-6-8-9-10-11-12-13-14-15-16-17-21-36-72(118)98-44-45-133-46-47-134-54-75(121)102-52-74(120)113-76(55(3)115)87(132)108-64(37-39-70(90)116)81(126)104-63(35-27-43-100-89(95)96)80(125)112-69(53-114)86(131)106-61(31-7-5-2)78(123)107-65-38-40-73(119)97-41-25-24-33-60(77(92)122)103-84(129)67(49-57-51-101-59-32-23-22-30-58(57)59)110-79(124)62(34-26-42-99-88(93)94)105-83(128)66(48-56-28-19-18-20-29-56)109-85(130)68(50-71(91)117)111-82(65)127/h18-20,22-23,28-30,32,51,55,60-69,76,101,114-115H,4-17,21,24-27,31,33-50,52-54H2,1-3H3,(H2,90,116)(H2,91,117)(H2,92,122)(H,97,119)(H,98,118)(H,102,121)(H,103,129)(H,104,126)(H,105,128)(H,106,131)(H,107,123)(H,108,132)(H,109,130)(H,110,124)(H,111,127)(H,112,125)(H,113,120)(H4,93,94,99)(H4,95,96,100)/t55-,60-,61+,62+,63+,64+,65+,66-,67+,68+,69+,76+/m1/s1. The molecule has 3 aromatic rings. The molecule has 12 atom stereocenters. The number of carbonyl (C=O) groups excluding carboxylic acids is 17. The molecular weight excluding hydrogens is 1740 g/mol. The zero-order valence-corrected chi connectivity index (χ0v) is 77.2. The largest absolute Gasteiger partial charge is 0.394 e. The lowest BCUT2D eigenvalue weighted by Gasteiger charge is -2.28. The number of H-pyrrole nitrogens is 1. The van der Waals surface area contributed by atoms with Crippen LogP contribution in [0.3, 0.4) is 0 Å². The monoisotopic (exact) mass is 1890 g/mol. The number of rotatable bonds is 58. The van der Waals surface area contributed by atoms with E-state index in [4.69, 9.17) is 49.0 Å². The van der Waals surface area contributed by atoms with Crippen molar-refractivity contribution in [1.82, 2.24) is 90.1 Å². The molecule has 0 spiro atoms. The molecule has 45 nitrogen and oxygen atoms in total. The van der Waals surface area contributed by atoms with E-state index in [0.717, 1.165) is 26.2 Å². The van der Waals surface area contributed by atoms with Gasteiger partial charge < -0.3 is 138 Å². The molecule has 17 amide bonds. The lowest BCUT2D eigenvalue weighted by Crippen LogP contribution is -2.61. The van der Waals surface area contributed by atoms with Crippen molar-refractivity contribution in [2.75, 3.05) is 65.8 Å². The quantitative estimate of drug-likeness (QED) is 0.0151. The van der Waals surface area contributed by atoms with Crippen LogP contribution < -0.4 is 114 Å². The molecule has 1 aliphatic heterocycles. The summed E-state index contributed by atoms with van der Waals surface area (Å²) >= 11 is 0. The number of carbonyl (C=O) groups is 17. The first-order valence-electron chi connectivity index (χ1n) is 46.3. The number of nitrogens with two attached hydrogens (primary N) is 5. The number of amides is 17. The SMILES string of the molecule is CCCCCCCCCCCCCCCC(=O)NCCOCCOCC(=O)NCC(=O)N[C@H](C(=O)N[C@@H](CCC(N)=O)C(=O)N[C@@H](CCCNC(=N)N)C(=O)N[C@@H](CO)C(=O)N[C@@H](CCCC)C(=O)N[C@H]1CCC(=O)NCCCC[C@H](C(N)=O)NC(=O)[C@H](Cc2c[nH]c3ccccc23)NC(=O)[C@H](CCCNC(=N)N)NC(=O)[C@@H](Cc2ccccc2)NC(=O)[C@H](CC(N)=O)NC1=O)[C@@H](C)O. The Hall–Kier alpha value is -12.7. The van der Waals surface area contributed by atoms with Crippen molar-refractivity contribution in [1.29, 1.82) is 10.8 Å². The van der Waals surface area contributed by atoms with Gasteiger partial charge in [-0.25, -0.2) is 0 Å². The Morgan fingerprint density at radius 3 is 1.65 bits per heavy atom. The first-order valence-corrected chi connectivity index (χ1v) is 46.3. The zero-order chi connectivity index (χ0) is 98.7. The number of aliphatic hydroxyl groups is 2. The minimum absolute atomic E-state index is 0.0164. The summed E-state index contributed by atoms with van der Waals surface area (Å²) in [5, 5.41) is 77.9. The second-order valence-corrected chi connectivity index (χ2v) is 33.2. The van der Waals surface area contributed by atoms with Gasteiger partial charge in [0.25, 0.3) is 0 Å². The maximum atomic E-state index is 14.9. The smallest absolute Gasteiger partial charge is 0.246 e. The van der Waals surface area contributed by atoms with Crippen molar-refractivity contribution in [2.45, 2.75) is 292 Å². The Morgan fingerprint density at radius 1 is 0.493 bits per heavy atom. The van der Waals surface area contributed by atoms with Gasteiger partial charge in [0.2, 0.25) is 100 Å². The molecule has 31 N–H and O–H groups in total. The van der Waals surface area contributed by atoms with Crippen LogP contribution in [0.2, 0.25) is 0 Å². The van der Waals surface area contributed by atoms with Gasteiger partial charge in [-0.2, -0.15) is 0 Å². The highest BCUT2D eigenvalue weighted by Crippen LogP contribution is 2.21. The number of nitrogens with one attached hydrogen (secondary N) is 19. The van der Waals surface area contributed by atoms with Crippen molar-refractivity contribution in [2.24, 2.45) is 28.7 Å². The summed E-state index contributed by atoms with van der Waals surface area (Å²) < 4.78 is 10.8. The Balaban J connectivity index is 1.52. The third-order valence-electron chi connectivity index (χ3n) is 21.9. The number of aromatic amines is 1. The maximum Gasteiger partial charge on any atom is 0.246 e. The number of guanidine groups is 2. The first-order chi connectivity index (χ1) is 64.1. The summed E-state index contributed by atoms with van der Waals surface area (Å²) in [6, 6.07) is -3.34. The summed E-state index contributed by atoms with van der Waals surface area (Å²) in [4.78, 5) is 239. The summed E-state index contributed by atoms with van der Waals surface area (Å²) in [5.74, 6) is -17.5. The van der Waals surface area contributed by atoms with Crippen LogP contribution in [-0.4, -0.2) is 266 Å². The van der Waals surface area contributed by atoms with Crippen LogP contribution in [0.4, 0.5) is 0 Å².